The van der Waals surface area contributed by atoms with Gasteiger partial charge in [-0.15, -0.1) is 0 Å². The molecule has 112 valence electrons. The molecule has 1 aliphatic rings. The maximum absolute atomic E-state index is 12.6. The number of alkyl halides is 3. The number of hydrogen-bond acceptors (Lipinski definition) is 3. The first-order chi connectivity index (χ1) is 8.84. The van der Waals surface area contributed by atoms with Crippen molar-refractivity contribution >= 4 is 5.91 Å². The molecule has 0 aromatic rings. The second kappa shape index (κ2) is 7.09. The van der Waals surface area contributed by atoms with Crippen LogP contribution in [-0.2, 0) is 4.79 Å². The molecule has 1 heterocycles. The standard InChI is InChI=1S/C12H22F3N3O/c1-17(6-3-5-16)11(19)9-18-7-2-4-10(8-18)12(13,14)15/h10H,2-9,16H2,1H3. The van der Waals surface area contributed by atoms with Crippen LogP contribution >= 0.6 is 0 Å². The Morgan fingerprint density at radius 2 is 2.16 bits per heavy atom. The lowest BCUT2D eigenvalue weighted by molar-refractivity contribution is -0.187. The summed E-state index contributed by atoms with van der Waals surface area (Å²) in [7, 11) is 1.66. The summed E-state index contributed by atoms with van der Waals surface area (Å²) in [5.74, 6) is -1.44. The number of nitrogens with two attached hydrogens (primary N) is 1. The fourth-order valence-electron chi connectivity index (χ4n) is 2.23. The van der Waals surface area contributed by atoms with Crippen LogP contribution in [-0.4, -0.2) is 61.7 Å². The smallest absolute Gasteiger partial charge is 0.345 e. The van der Waals surface area contributed by atoms with Crippen LogP contribution in [0.1, 0.15) is 19.3 Å². The van der Waals surface area contributed by atoms with Crippen LogP contribution in [0.5, 0.6) is 0 Å². The number of likely N-dealkylation sites (tertiary alicyclic amines) is 1. The Kier molecular flexibility index (Phi) is 6.06. The minimum atomic E-state index is -4.16. The molecule has 1 rings (SSSR count). The van der Waals surface area contributed by atoms with Crippen molar-refractivity contribution in [2.45, 2.75) is 25.4 Å². The number of carbonyl (C=O) groups excluding carboxylic acids is 1. The maximum atomic E-state index is 12.6. The molecule has 1 atom stereocenters. The minimum Gasteiger partial charge on any atom is -0.345 e. The Labute approximate surface area is 111 Å². The Morgan fingerprint density at radius 3 is 2.74 bits per heavy atom. The van der Waals surface area contributed by atoms with E-state index in [1.807, 2.05) is 0 Å². The molecule has 0 bridgehead atoms. The van der Waals surface area contributed by atoms with E-state index in [-0.39, 0.29) is 25.4 Å². The van der Waals surface area contributed by atoms with Gasteiger partial charge in [-0.1, -0.05) is 0 Å². The van der Waals surface area contributed by atoms with Gasteiger partial charge in [-0.3, -0.25) is 9.69 Å². The number of rotatable bonds is 5. The van der Waals surface area contributed by atoms with Gasteiger partial charge < -0.3 is 10.6 Å². The number of halogens is 3. The molecule has 7 heteroatoms. The fourth-order valence-corrected chi connectivity index (χ4v) is 2.23. The largest absolute Gasteiger partial charge is 0.393 e. The van der Waals surface area contributed by atoms with Crippen molar-refractivity contribution in [1.29, 1.82) is 0 Å². The number of likely N-dealkylation sites (N-methyl/N-ethyl adjacent to an activating group) is 1. The van der Waals surface area contributed by atoms with Crippen LogP contribution < -0.4 is 5.73 Å². The highest BCUT2D eigenvalue weighted by Crippen LogP contribution is 2.32. The van der Waals surface area contributed by atoms with Crippen LogP contribution in [0.2, 0.25) is 0 Å². The van der Waals surface area contributed by atoms with E-state index in [0.29, 0.717) is 32.5 Å². The topological polar surface area (TPSA) is 49.6 Å². The van der Waals surface area contributed by atoms with Crippen molar-refractivity contribution in [2.75, 3.05) is 39.8 Å². The van der Waals surface area contributed by atoms with Crippen molar-refractivity contribution in [2.24, 2.45) is 11.7 Å². The molecular weight excluding hydrogens is 259 g/mol. The molecule has 0 aliphatic carbocycles. The van der Waals surface area contributed by atoms with Gasteiger partial charge in [-0.2, -0.15) is 13.2 Å². The molecule has 0 saturated carbocycles. The second-order valence-corrected chi connectivity index (χ2v) is 5.07. The third kappa shape index (κ3) is 5.36. The molecule has 19 heavy (non-hydrogen) atoms. The molecule has 4 nitrogen and oxygen atoms in total. The number of piperidine rings is 1. The lowest BCUT2D eigenvalue weighted by Crippen LogP contribution is -2.46. The minimum absolute atomic E-state index is 0.0631. The summed E-state index contributed by atoms with van der Waals surface area (Å²) >= 11 is 0. The van der Waals surface area contributed by atoms with Gasteiger partial charge in [-0.25, -0.2) is 0 Å². The summed E-state index contributed by atoms with van der Waals surface area (Å²) in [5.41, 5.74) is 5.35. The molecule has 1 saturated heterocycles. The van der Waals surface area contributed by atoms with E-state index in [1.54, 1.807) is 11.9 Å². The van der Waals surface area contributed by atoms with Gasteiger partial charge in [0, 0.05) is 20.1 Å². The molecule has 0 aromatic heterocycles. The van der Waals surface area contributed by atoms with Crippen LogP contribution in [0, 0.1) is 5.92 Å². The first-order valence-electron chi connectivity index (χ1n) is 6.57. The molecule has 1 amide bonds. The van der Waals surface area contributed by atoms with Crippen molar-refractivity contribution < 1.29 is 18.0 Å². The first kappa shape index (κ1) is 16.2. The normalized spacial score (nSPS) is 21.4. The van der Waals surface area contributed by atoms with Crippen molar-refractivity contribution in [3.05, 3.63) is 0 Å². The zero-order valence-electron chi connectivity index (χ0n) is 11.2. The molecular formula is C12H22F3N3O. The Morgan fingerprint density at radius 1 is 1.47 bits per heavy atom. The van der Waals surface area contributed by atoms with Crippen LogP contribution in [0.3, 0.4) is 0 Å². The highest BCUT2D eigenvalue weighted by atomic mass is 19.4. The monoisotopic (exact) mass is 281 g/mol. The fraction of sp³-hybridized carbons (Fsp3) is 0.917. The lowest BCUT2D eigenvalue weighted by atomic mass is 9.97. The number of nitrogens with zero attached hydrogens (tertiary/aromatic N) is 2. The van der Waals surface area contributed by atoms with E-state index in [2.05, 4.69) is 0 Å². The molecule has 1 aliphatic heterocycles. The van der Waals surface area contributed by atoms with E-state index >= 15 is 0 Å². The molecule has 2 N–H and O–H groups in total. The van der Waals surface area contributed by atoms with E-state index in [4.69, 9.17) is 5.73 Å². The third-order valence-electron chi connectivity index (χ3n) is 3.45. The first-order valence-corrected chi connectivity index (χ1v) is 6.57. The van der Waals surface area contributed by atoms with Crippen LogP contribution in [0.15, 0.2) is 0 Å². The van der Waals surface area contributed by atoms with Gasteiger partial charge in [0.15, 0.2) is 0 Å². The van der Waals surface area contributed by atoms with E-state index < -0.39 is 12.1 Å². The van der Waals surface area contributed by atoms with Crippen molar-refractivity contribution in [1.82, 2.24) is 9.80 Å². The average molecular weight is 281 g/mol. The lowest BCUT2D eigenvalue weighted by Gasteiger charge is -2.34. The van der Waals surface area contributed by atoms with Gasteiger partial charge in [0.1, 0.15) is 0 Å². The zero-order chi connectivity index (χ0) is 14.5. The molecule has 1 fully saturated rings. The maximum Gasteiger partial charge on any atom is 0.393 e. The number of carbonyl (C=O) groups is 1. The molecule has 0 spiro atoms. The van der Waals surface area contributed by atoms with E-state index in [1.165, 1.54) is 4.90 Å². The van der Waals surface area contributed by atoms with Gasteiger partial charge in [0.05, 0.1) is 12.5 Å². The van der Waals surface area contributed by atoms with Crippen LogP contribution in [0.4, 0.5) is 13.2 Å². The summed E-state index contributed by atoms with van der Waals surface area (Å²) in [6.07, 6.45) is -2.80. The molecule has 1 unspecified atom stereocenters. The van der Waals surface area contributed by atoms with Crippen molar-refractivity contribution in [3.8, 4) is 0 Å². The van der Waals surface area contributed by atoms with Gasteiger partial charge in [0.25, 0.3) is 0 Å². The summed E-state index contributed by atoms with van der Waals surface area (Å²) in [6.45, 7) is 1.60. The highest BCUT2D eigenvalue weighted by molar-refractivity contribution is 5.77. The average Bonchev–Trinajstić information content (AvgIpc) is 2.35. The molecule has 0 aromatic carbocycles. The third-order valence-corrected chi connectivity index (χ3v) is 3.45. The number of amides is 1. The Bertz CT molecular complexity index is 296. The highest BCUT2D eigenvalue weighted by Gasteiger charge is 2.41. The predicted molar refractivity (Wildman–Crippen MR) is 66.5 cm³/mol. The Balaban J connectivity index is 2.42. The van der Waals surface area contributed by atoms with Crippen molar-refractivity contribution in [3.63, 3.8) is 0 Å². The summed E-state index contributed by atoms with van der Waals surface area (Å²) in [6, 6.07) is 0. The Hall–Kier alpha value is -0.820. The van der Waals surface area contributed by atoms with Gasteiger partial charge in [-0.05, 0) is 32.4 Å². The summed E-state index contributed by atoms with van der Waals surface area (Å²) in [4.78, 5) is 15.0. The second-order valence-electron chi connectivity index (χ2n) is 5.07. The quantitative estimate of drug-likeness (QED) is 0.820. The van der Waals surface area contributed by atoms with E-state index in [0.717, 1.165) is 0 Å². The predicted octanol–water partition coefficient (Wildman–Crippen LogP) is 1.07. The number of hydrogen-bond donors (Lipinski definition) is 1. The van der Waals surface area contributed by atoms with Crippen LogP contribution in [0.25, 0.3) is 0 Å². The zero-order valence-corrected chi connectivity index (χ0v) is 11.2. The summed E-state index contributed by atoms with van der Waals surface area (Å²) in [5, 5.41) is 0. The molecule has 0 radical (unpaired) electrons. The summed E-state index contributed by atoms with van der Waals surface area (Å²) < 4.78 is 37.9. The van der Waals surface area contributed by atoms with E-state index in [9.17, 15) is 18.0 Å². The van der Waals surface area contributed by atoms with Gasteiger partial charge in [0.2, 0.25) is 5.91 Å². The SMILES string of the molecule is CN(CCCN)C(=O)CN1CCCC(C(F)(F)F)C1. The van der Waals surface area contributed by atoms with Gasteiger partial charge >= 0.3 is 6.18 Å².